The Morgan fingerprint density at radius 2 is 1.70 bits per heavy atom. The minimum absolute atomic E-state index is 0.321. The van der Waals surface area contributed by atoms with Crippen molar-refractivity contribution in [2.45, 2.75) is 25.0 Å². The third-order valence-electron chi connectivity index (χ3n) is 5.91. The summed E-state index contributed by atoms with van der Waals surface area (Å²) >= 11 is 6.00. The first kappa shape index (κ1) is 16.8. The van der Waals surface area contributed by atoms with Crippen LogP contribution >= 0.6 is 11.6 Å². The van der Waals surface area contributed by atoms with Crippen LogP contribution in [0.25, 0.3) is 10.8 Å². The molecule has 2 aliphatic heterocycles. The van der Waals surface area contributed by atoms with Crippen molar-refractivity contribution >= 4 is 28.3 Å². The van der Waals surface area contributed by atoms with Gasteiger partial charge < -0.3 is 4.74 Å². The van der Waals surface area contributed by atoms with Crippen LogP contribution in [0, 0.1) is 5.41 Å². The molecule has 0 aliphatic carbocycles. The summed E-state index contributed by atoms with van der Waals surface area (Å²) in [6.07, 6.45) is 1.81. The minimum atomic E-state index is -0.357. The lowest BCUT2D eigenvalue weighted by Crippen LogP contribution is -2.42. The molecule has 5 rings (SSSR count). The van der Waals surface area contributed by atoms with Crippen LogP contribution in [0.1, 0.15) is 29.5 Å². The quantitative estimate of drug-likeness (QED) is 0.655. The molecule has 136 valence electrons. The van der Waals surface area contributed by atoms with Gasteiger partial charge in [-0.3, -0.25) is 10.3 Å². The molecule has 3 nitrogen and oxygen atoms in total. The van der Waals surface area contributed by atoms with Crippen molar-refractivity contribution in [3.8, 4) is 0 Å². The lowest BCUT2D eigenvalue weighted by molar-refractivity contribution is -0.00416. The number of likely N-dealkylation sites (tertiary alicyclic amines) is 1. The molecule has 3 aromatic carbocycles. The molecule has 0 bridgehead atoms. The van der Waals surface area contributed by atoms with Crippen LogP contribution in [0.15, 0.2) is 60.7 Å². The second-order valence-electron chi connectivity index (χ2n) is 7.54. The van der Waals surface area contributed by atoms with Crippen LogP contribution in [-0.4, -0.2) is 23.9 Å². The molecule has 1 N–H and O–H groups in total. The van der Waals surface area contributed by atoms with Gasteiger partial charge in [-0.25, -0.2) is 0 Å². The molecule has 0 amide bonds. The van der Waals surface area contributed by atoms with E-state index in [4.69, 9.17) is 21.7 Å². The van der Waals surface area contributed by atoms with E-state index in [0.29, 0.717) is 5.90 Å². The first-order valence-corrected chi connectivity index (χ1v) is 9.79. The number of ether oxygens (including phenoxy) is 1. The molecule has 1 saturated heterocycles. The summed E-state index contributed by atoms with van der Waals surface area (Å²) in [6, 6.07) is 20.7. The molecule has 0 unspecified atom stereocenters. The molecule has 1 spiro atoms. The van der Waals surface area contributed by atoms with Gasteiger partial charge in [-0.05, 0) is 34.5 Å². The Labute approximate surface area is 164 Å². The van der Waals surface area contributed by atoms with Crippen LogP contribution in [0.3, 0.4) is 0 Å². The average molecular weight is 377 g/mol. The molecular formula is C23H21ClN2O. The Morgan fingerprint density at radius 3 is 2.48 bits per heavy atom. The van der Waals surface area contributed by atoms with Crippen molar-refractivity contribution in [3.63, 3.8) is 0 Å². The number of hydrogen-bond donors (Lipinski definition) is 1. The third-order valence-corrected chi connectivity index (χ3v) is 6.16. The van der Waals surface area contributed by atoms with E-state index in [1.54, 1.807) is 0 Å². The summed E-state index contributed by atoms with van der Waals surface area (Å²) in [5.41, 5.74) is 3.10. The molecular weight excluding hydrogens is 356 g/mol. The van der Waals surface area contributed by atoms with E-state index in [9.17, 15) is 0 Å². The highest BCUT2D eigenvalue weighted by Gasteiger charge is 2.46. The lowest BCUT2D eigenvalue weighted by atomic mass is 9.81. The van der Waals surface area contributed by atoms with E-state index in [-0.39, 0.29) is 5.60 Å². The summed E-state index contributed by atoms with van der Waals surface area (Å²) < 4.78 is 6.22. The van der Waals surface area contributed by atoms with Crippen molar-refractivity contribution in [2.24, 2.45) is 0 Å². The van der Waals surface area contributed by atoms with Gasteiger partial charge in [-0.2, -0.15) is 0 Å². The SMILES string of the molecule is N=C1OC2(CCN(Cc3ccc(Cl)cc3)CC2)c2c1ccc1ccccc21. The fourth-order valence-electron chi connectivity index (χ4n) is 4.53. The number of nitrogens with zero attached hydrogens (tertiary/aromatic N) is 1. The van der Waals surface area contributed by atoms with Gasteiger partial charge in [0.25, 0.3) is 0 Å². The minimum Gasteiger partial charge on any atom is -0.466 e. The van der Waals surface area contributed by atoms with Crippen molar-refractivity contribution in [2.75, 3.05) is 13.1 Å². The van der Waals surface area contributed by atoms with Gasteiger partial charge in [0, 0.05) is 48.6 Å². The van der Waals surface area contributed by atoms with Crippen molar-refractivity contribution in [1.82, 2.24) is 4.90 Å². The van der Waals surface area contributed by atoms with Gasteiger partial charge >= 0.3 is 0 Å². The number of fused-ring (bicyclic) bond motifs is 4. The largest absolute Gasteiger partial charge is 0.466 e. The average Bonchev–Trinajstić information content (AvgIpc) is 2.97. The zero-order valence-corrected chi connectivity index (χ0v) is 15.8. The summed E-state index contributed by atoms with van der Waals surface area (Å²) in [5.74, 6) is 0.321. The maximum Gasteiger partial charge on any atom is 0.214 e. The standard InChI is InChI=1S/C23H21ClN2O/c24-18-8-5-16(6-9-18)15-26-13-11-23(12-14-26)21-19-4-2-1-3-17(19)7-10-20(21)22(25)27-23/h1-10,25H,11-15H2. The number of rotatable bonds is 2. The third kappa shape index (κ3) is 2.82. The van der Waals surface area contributed by atoms with E-state index in [0.717, 1.165) is 43.1 Å². The van der Waals surface area contributed by atoms with Crippen molar-refractivity contribution in [1.29, 1.82) is 5.41 Å². The number of hydrogen-bond acceptors (Lipinski definition) is 3. The Balaban J connectivity index is 1.43. The fraction of sp³-hybridized carbons (Fsp3) is 0.261. The van der Waals surface area contributed by atoms with E-state index in [2.05, 4.69) is 53.4 Å². The van der Waals surface area contributed by atoms with Crippen LogP contribution in [-0.2, 0) is 16.9 Å². The topological polar surface area (TPSA) is 36.3 Å². The lowest BCUT2D eigenvalue weighted by Gasteiger charge is -2.39. The van der Waals surface area contributed by atoms with Crippen LogP contribution in [0.2, 0.25) is 5.02 Å². The van der Waals surface area contributed by atoms with Crippen LogP contribution in [0.4, 0.5) is 0 Å². The van der Waals surface area contributed by atoms with E-state index >= 15 is 0 Å². The summed E-state index contributed by atoms with van der Waals surface area (Å²) in [4.78, 5) is 2.46. The molecule has 2 aliphatic rings. The molecule has 0 atom stereocenters. The predicted molar refractivity (Wildman–Crippen MR) is 110 cm³/mol. The number of benzene rings is 3. The molecule has 27 heavy (non-hydrogen) atoms. The van der Waals surface area contributed by atoms with Gasteiger partial charge in [0.15, 0.2) is 0 Å². The summed E-state index contributed by atoms with van der Waals surface area (Å²) in [5, 5.41) is 11.6. The number of halogens is 1. The van der Waals surface area contributed by atoms with Gasteiger partial charge in [-0.15, -0.1) is 0 Å². The van der Waals surface area contributed by atoms with Crippen molar-refractivity contribution in [3.05, 3.63) is 82.4 Å². The molecule has 3 aromatic rings. The van der Waals surface area contributed by atoms with Gasteiger partial charge in [-0.1, -0.05) is 54.1 Å². The second-order valence-corrected chi connectivity index (χ2v) is 7.97. The summed E-state index contributed by atoms with van der Waals surface area (Å²) in [6.45, 7) is 2.84. The smallest absolute Gasteiger partial charge is 0.214 e. The molecule has 1 fully saturated rings. The predicted octanol–water partition coefficient (Wildman–Crippen LogP) is 5.34. The molecule has 0 saturated carbocycles. The fourth-order valence-corrected chi connectivity index (χ4v) is 4.65. The Bertz CT molecular complexity index is 1020. The number of nitrogens with one attached hydrogen (secondary N) is 1. The van der Waals surface area contributed by atoms with Gasteiger partial charge in [0.2, 0.25) is 5.90 Å². The Hall–Kier alpha value is -2.36. The normalized spacial score (nSPS) is 18.6. The Kier molecular flexibility index (Phi) is 3.96. The highest BCUT2D eigenvalue weighted by molar-refractivity contribution is 6.30. The zero-order chi connectivity index (χ0) is 18.4. The molecule has 0 radical (unpaired) electrons. The monoisotopic (exact) mass is 376 g/mol. The van der Waals surface area contributed by atoms with Crippen LogP contribution < -0.4 is 0 Å². The van der Waals surface area contributed by atoms with Crippen LogP contribution in [0.5, 0.6) is 0 Å². The maximum atomic E-state index is 8.37. The van der Waals surface area contributed by atoms with Gasteiger partial charge in [0.1, 0.15) is 5.60 Å². The Morgan fingerprint density at radius 1 is 0.963 bits per heavy atom. The zero-order valence-electron chi connectivity index (χ0n) is 15.0. The maximum absolute atomic E-state index is 8.37. The number of piperidine rings is 1. The highest BCUT2D eigenvalue weighted by Crippen LogP contribution is 2.47. The van der Waals surface area contributed by atoms with E-state index in [1.807, 2.05) is 12.1 Å². The second kappa shape index (κ2) is 6.36. The molecule has 4 heteroatoms. The first-order valence-electron chi connectivity index (χ1n) is 9.42. The van der Waals surface area contributed by atoms with E-state index < -0.39 is 0 Å². The molecule has 0 aromatic heterocycles. The highest BCUT2D eigenvalue weighted by atomic mass is 35.5. The first-order chi connectivity index (χ1) is 13.1. The van der Waals surface area contributed by atoms with Crippen molar-refractivity contribution < 1.29 is 4.74 Å². The molecule has 2 heterocycles. The summed E-state index contributed by atoms with van der Waals surface area (Å²) in [7, 11) is 0. The van der Waals surface area contributed by atoms with E-state index in [1.165, 1.54) is 21.9 Å². The van der Waals surface area contributed by atoms with Gasteiger partial charge in [0.05, 0.1) is 0 Å².